The molecule has 2 rings (SSSR count). The molecule has 2 aromatic rings. The number of carbonyl (C=O) groups is 1. The monoisotopic (exact) mass is 275 g/mol. The first kappa shape index (κ1) is 14.0. The Hall–Kier alpha value is -2.37. The summed E-state index contributed by atoms with van der Waals surface area (Å²) >= 11 is 0. The van der Waals surface area contributed by atoms with Crippen molar-refractivity contribution in [3.8, 4) is 11.6 Å². The molecule has 6 heteroatoms. The zero-order valence-corrected chi connectivity index (χ0v) is 11.6. The molecule has 0 saturated carbocycles. The van der Waals surface area contributed by atoms with Crippen LogP contribution >= 0.6 is 0 Å². The second kappa shape index (κ2) is 6.70. The number of esters is 1. The van der Waals surface area contributed by atoms with Crippen molar-refractivity contribution in [3.63, 3.8) is 0 Å². The number of hydrogen-bond acceptors (Lipinski definition) is 5. The molecule has 0 N–H and O–H groups in total. The van der Waals surface area contributed by atoms with Gasteiger partial charge in [-0.2, -0.15) is 5.10 Å². The Morgan fingerprint density at radius 1 is 1.30 bits per heavy atom. The molecule has 2 aromatic heterocycles. The fraction of sp³-hybridized carbons (Fsp3) is 0.357. The van der Waals surface area contributed by atoms with Gasteiger partial charge in [-0.3, -0.25) is 4.68 Å². The van der Waals surface area contributed by atoms with Gasteiger partial charge in [0.1, 0.15) is 0 Å². The lowest BCUT2D eigenvalue weighted by atomic mass is 10.3. The lowest BCUT2D eigenvalue weighted by molar-refractivity contribution is 0.0526. The first-order valence-electron chi connectivity index (χ1n) is 6.56. The zero-order chi connectivity index (χ0) is 14.4. The molecule has 0 unspecified atom stereocenters. The van der Waals surface area contributed by atoms with Crippen LogP contribution in [-0.4, -0.2) is 27.3 Å². The van der Waals surface area contributed by atoms with Crippen LogP contribution in [0.3, 0.4) is 0 Å². The van der Waals surface area contributed by atoms with E-state index in [1.807, 2.05) is 10.9 Å². The van der Waals surface area contributed by atoms with Crippen LogP contribution in [0.2, 0.25) is 0 Å². The number of aromatic nitrogens is 3. The van der Waals surface area contributed by atoms with Crippen molar-refractivity contribution in [2.45, 2.75) is 26.8 Å². The number of aryl methyl sites for hydroxylation is 1. The maximum atomic E-state index is 11.5. The van der Waals surface area contributed by atoms with Crippen molar-refractivity contribution in [1.29, 1.82) is 0 Å². The summed E-state index contributed by atoms with van der Waals surface area (Å²) < 4.78 is 12.2. The van der Waals surface area contributed by atoms with Crippen molar-refractivity contribution in [2.24, 2.45) is 0 Å². The van der Waals surface area contributed by atoms with E-state index in [2.05, 4.69) is 17.0 Å². The minimum atomic E-state index is -0.387. The summed E-state index contributed by atoms with van der Waals surface area (Å²) in [6.07, 6.45) is 5.89. The van der Waals surface area contributed by atoms with Crippen molar-refractivity contribution in [2.75, 3.05) is 6.61 Å². The molecule has 0 bridgehead atoms. The Bertz CT molecular complexity index is 563. The van der Waals surface area contributed by atoms with Gasteiger partial charge in [0, 0.05) is 18.8 Å². The highest BCUT2D eigenvalue weighted by Gasteiger charge is 2.08. The molecule has 6 nitrogen and oxygen atoms in total. The third-order valence-corrected chi connectivity index (χ3v) is 2.53. The van der Waals surface area contributed by atoms with E-state index in [1.165, 1.54) is 6.20 Å². The number of rotatable bonds is 6. The van der Waals surface area contributed by atoms with Gasteiger partial charge in [-0.1, -0.05) is 6.92 Å². The summed E-state index contributed by atoms with van der Waals surface area (Å²) in [5, 5.41) is 4.16. The highest BCUT2D eigenvalue weighted by molar-refractivity contribution is 5.89. The lowest BCUT2D eigenvalue weighted by Gasteiger charge is -2.03. The molecule has 20 heavy (non-hydrogen) atoms. The minimum absolute atomic E-state index is 0.341. The van der Waals surface area contributed by atoms with E-state index in [0.29, 0.717) is 23.8 Å². The third kappa shape index (κ3) is 3.57. The average molecular weight is 275 g/mol. The predicted octanol–water partition coefficient (Wildman–Crippen LogP) is 2.66. The van der Waals surface area contributed by atoms with Gasteiger partial charge in [-0.25, -0.2) is 9.78 Å². The van der Waals surface area contributed by atoms with Crippen LogP contribution < -0.4 is 4.74 Å². The van der Waals surface area contributed by atoms with Crippen molar-refractivity contribution in [3.05, 3.63) is 36.3 Å². The molecule has 0 fully saturated rings. The van der Waals surface area contributed by atoms with Gasteiger partial charge < -0.3 is 9.47 Å². The first-order chi connectivity index (χ1) is 9.72. The van der Waals surface area contributed by atoms with Gasteiger partial charge >= 0.3 is 5.97 Å². The fourth-order valence-corrected chi connectivity index (χ4v) is 1.65. The SMILES string of the molecule is CCCn1cc(Oc2ccc(C(=O)OCC)cn2)cn1. The van der Waals surface area contributed by atoms with Gasteiger partial charge in [0.05, 0.1) is 24.6 Å². The normalized spacial score (nSPS) is 10.3. The summed E-state index contributed by atoms with van der Waals surface area (Å²) in [6.45, 7) is 5.03. The molecule has 0 aliphatic heterocycles. The highest BCUT2D eigenvalue weighted by atomic mass is 16.5. The van der Waals surface area contributed by atoms with Crippen molar-refractivity contribution in [1.82, 2.24) is 14.8 Å². The van der Waals surface area contributed by atoms with Crippen LogP contribution in [0.4, 0.5) is 0 Å². The largest absolute Gasteiger partial charge is 0.462 e. The third-order valence-electron chi connectivity index (χ3n) is 2.53. The second-order valence-electron chi connectivity index (χ2n) is 4.15. The first-order valence-corrected chi connectivity index (χ1v) is 6.56. The van der Waals surface area contributed by atoms with E-state index in [1.54, 1.807) is 25.3 Å². The van der Waals surface area contributed by atoms with E-state index in [9.17, 15) is 4.79 Å². The molecule has 0 atom stereocenters. The van der Waals surface area contributed by atoms with E-state index in [4.69, 9.17) is 9.47 Å². The molecular weight excluding hydrogens is 258 g/mol. The molecule has 0 amide bonds. The number of ether oxygens (including phenoxy) is 2. The van der Waals surface area contributed by atoms with E-state index < -0.39 is 0 Å². The minimum Gasteiger partial charge on any atom is -0.462 e. The molecular formula is C14H17N3O3. The van der Waals surface area contributed by atoms with Crippen molar-refractivity contribution < 1.29 is 14.3 Å². The van der Waals surface area contributed by atoms with Gasteiger partial charge in [0.2, 0.25) is 5.88 Å². The van der Waals surface area contributed by atoms with Gasteiger partial charge in [-0.15, -0.1) is 0 Å². The Morgan fingerprint density at radius 3 is 2.80 bits per heavy atom. The van der Waals surface area contributed by atoms with E-state index in [0.717, 1.165) is 13.0 Å². The van der Waals surface area contributed by atoms with Gasteiger partial charge in [0.25, 0.3) is 0 Å². The molecule has 106 valence electrons. The number of hydrogen-bond donors (Lipinski definition) is 0. The standard InChI is InChI=1S/C14H17N3O3/c1-3-7-17-10-12(9-16-17)20-13-6-5-11(8-15-13)14(18)19-4-2/h5-6,8-10H,3-4,7H2,1-2H3. The predicted molar refractivity (Wildman–Crippen MR) is 72.8 cm³/mol. The van der Waals surface area contributed by atoms with Crippen LogP contribution in [-0.2, 0) is 11.3 Å². The topological polar surface area (TPSA) is 66.2 Å². The second-order valence-corrected chi connectivity index (χ2v) is 4.15. The summed E-state index contributed by atoms with van der Waals surface area (Å²) in [7, 11) is 0. The molecule has 0 spiro atoms. The quantitative estimate of drug-likeness (QED) is 0.758. The molecule has 2 heterocycles. The van der Waals surface area contributed by atoms with Crippen LogP contribution in [0.15, 0.2) is 30.7 Å². The van der Waals surface area contributed by atoms with Crippen LogP contribution in [0.25, 0.3) is 0 Å². The molecule has 0 aliphatic carbocycles. The smallest absolute Gasteiger partial charge is 0.339 e. The molecule has 0 saturated heterocycles. The highest BCUT2D eigenvalue weighted by Crippen LogP contribution is 2.18. The Labute approximate surface area is 117 Å². The summed E-state index contributed by atoms with van der Waals surface area (Å²) in [5.41, 5.74) is 0.404. The molecule has 0 aromatic carbocycles. The molecule has 0 aliphatic rings. The number of carbonyl (C=O) groups excluding carboxylic acids is 1. The Balaban J connectivity index is 2.00. The van der Waals surface area contributed by atoms with Crippen LogP contribution in [0, 0.1) is 0 Å². The average Bonchev–Trinajstić information content (AvgIpc) is 2.88. The lowest BCUT2D eigenvalue weighted by Crippen LogP contribution is -2.04. The summed E-state index contributed by atoms with van der Waals surface area (Å²) in [6, 6.07) is 3.25. The Morgan fingerprint density at radius 2 is 2.15 bits per heavy atom. The fourth-order valence-electron chi connectivity index (χ4n) is 1.65. The Kier molecular flexibility index (Phi) is 4.70. The summed E-state index contributed by atoms with van der Waals surface area (Å²) in [4.78, 5) is 15.5. The molecule has 0 radical (unpaired) electrons. The number of pyridine rings is 1. The van der Waals surface area contributed by atoms with Crippen LogP contribution in [0.1, 0.15) is 30.6 Å². The van der Waals surface area contributed by atoms with E-state index >= 15 is 0 Å². The van der Waals surface area contributed by atoms with Gasteiger partial charge in [0.15, 0.2) is 5.75 Å². The van der Waals surface area contributed by atoms with E-state index in [-0.39, 0.29) is 5.97 Å². The summed E-state index contributed by atoms with van der Waals surface area (Å²) in [5.74, 6) is 0.645. The van der Waals surface area contributed by atoms with Gasteiger partial charge in [-0.05, 0) is 19.4 Å². The maximum Gasteiger partial charge on any atom is 0.339 e. The van der Waals surface area contributed by atoms with Crippen LogP contribution in [0.5, 0.6) is 11.6 Å². The van der Waals surface area contributed by atoms with Crippen molar-refractivity contribution >= 4 is 5.97 Å². The zero-order valence-electron chi connectivity index (χ0n) is 11.6. The maximum absolute atomic E-state index is 11.5. The number of nitrogens with zero attached hydrogens (tertiary/aromatic N) is 3.